The van der Waals surface area contributed by atoms with Gasteiger partial charge in [-0.1, -0.05) is 15.9 Å². The predicted octanol–water partition coefficient (Wildman–Crippen LogP) is 1.90. The number of nitrogens with one attached hydrogen (secondary N) is 2. The molecule has 0 saturated carbocycles. The van der Waals surface area contributed by atoms with Gasteiger partial charge in [0.2, 0.25) is 11.8 Å². The van der Waals surface area contributed by atoms with Crippen LogP contribution in [-0.2, 0) is 38.7 Å². The zero-order valence-electron chi connectivity index (χ0n) is 16.0. The van der Waals surface area contributed by atoms with Crippen molar-refractivity contribution in [1.29, 1.82) is 5.41 Å². The summed E-state index contributed by atoms with van der Waals surface area (Å²) in [6.07, 6.45) is 0. The van der Waals surface area contributed by atoms with E-state index in [0.29, 0.717) is 15.7 Å². The number of benzene rings is 1. The van der Waals surface area contributed by atoms with Crippen LogP contribution in [0.15, 0.2) is 34.0 Å². The van der Waals surface area contributed by atoms with Gasteiger partial charge in [-0.3, -0.25) is 15.0 Å². The second-order valence-corrected chi connectivity index (χ2v) is 7.35. The molecule has 2 aliphatic rings. The molecule has 0 bridgehead atoms. The van der Waals surface area contributed by atoms with Crippen molar-refractivity contribution in [3.05, 3.63) is 39.6 Å². The lowest BCUT2D eigenvalue weighted by Crippen LogP contribution is -2.55. The number of halogens is 1. The summed E-state index contributed by atoms with van der Waals surface area (Å²) < 4.78 is 21.0. The molecule has 2 aliphatic heterocycles. The molecule has 0 radical (unpaired) electrons. The van der Waals surface area contributed by atoms with Crippen molar-refractivity contribution in [1.82, 2.24) is 0 Å². The average molecular weight is 467 g/mol. The van der Waals surface area contributed by atoms with E-state index in [0.717, 1.165) is 7.11 Å². The number of esters is 2. The molecule has 0 aromatic heterocycles. The number of anilines is 1. The third-order valence-corrected chi connectivity index (χ3v) is 5.37. The molecule has 9 nitrogen and oxygen atoms in total. The number of carbonyl (C=O) groups excluding carboxylic acids is 3. The van der Waals surface area contributed by atoms with Crippen molar-refractivity contribution < 1.29 is 33.3 Å². The van der Waals surface area contributed by atoms with E-state index in [2.05, 4.69) is 21.2 Å². The standard InChI is InChI=1S/C19H19BrN2O7/c1-9-13(17(24)28-7-6-26-2)19(14(15(21)29-9)16(23)27-3)11-8-10(20)4-5-12(11)22-18(19)25/h4-5,8,14,21H,6-7H2,1-3H3,(H,22,25). The summed E-state index contributed by atoms with van der Waals surface area (Å²) in [5, 5.41) is 11.0. The summed E-state index contributed by atoms with van der Waals surface area (Å²) in [7, 11) is 2.59. The molecule has 2 unspecified atom stereocenters. The smallest absolute Gasteiger partial charge is 0.339 e. The van der Waals surface area contributed by atoms with Crippen LogP contribution in [0.25, 0.3) is 0 Å². The molecule has 1 amide bonds. The molecular weight excluding hydrogens is 448 g/mol. The van der Waals surface area contributed by atoms with Crippen LogP contribution < -0.4 is 5.32 Å². The van der Waals surface area contributed by atoms with E-state index in [1.165, 1.54) is 14.0 Å². The highest BCUT2D eigenvalue weighted by molar-refractivity contribution is 9.10. The Hall–Kier alpha value is -2.72. The molecule has 0 fully saturated rings. The highest BCUT2D eigenvalue weighted by atomic mass is 79.9. The Morgan fingerprint density at radius 1 is 1.31 bits per heavy atom. The molecule has 1 spiro atoms. The Labute approximate surface area is 175 Å². The lowest BCUT2D eigenvalue weighted by atomic mass is 9.64. The summed E-state index contributed by atoms with van der Waals surface area (Å²) in [5.41, 5.74) is -1.26. The van der Waals surface area contributed by atoms with Crippen molar-refractivity contribution in [2.45, 2.75) is 12.3 Å². The molecule has 0 saturated heterocycles. The maximum absolute atomic E-state index is 13.3. The first-order valence-electron chi connectivity index (χ1n) is 8.62. The van der Waals surface area contributed by atoms with Crippen LogP contribution in [0.5, 0.6) is 0 Å². The molecule has 10 heteroatoms. The maximum atomic E-state index is 13.3. The van der Waals surface area contributed by atoms with E-state index in [9.17, 15) is 14.4 Å². The first kappa shape index (κ1) is 21.0. The SMILES string of the molecule is COCCOC(=O)C1=C(C)OC(=N)C(C(=O)OC)C12C(=O)Nc1ccc(Br)cc12. The van der Waals surface area contributed by atoms with Crippen LogP contribution in [0.1, 0.15) is 12.5 Å². The third-order valence-electron chi connectivity index (χ3n) is 4.88. The summed E-state index contributed by atoms with van der Waals surface area (Å²) >= 11 is 3.36. The molecule has 154 valence electrons. The largest absolute Gasteiger partial charge is 0.468 e. The topological polar surface area (TPSA) is 124 Å². The summed E-state index contributed by atoms with van der Waals surface area (Å²) in [5.74, 6) is -4.37. The maximum Gasteiger partial charge on any atom is 0.339 e. The Balaban J connectivity index is 2.29. The second-order valence-electron chi connectivity index (χ2n) is 6.43. The molecule has 2 N–H and O–H groups in total. The summed E-state index contributed by atoms with van der Waals surface area (Å²) in [4.78, 5) is 39.0. The van der Waals surface area contributed by atoms with Crippen molar-refractivity contribution in [2.24, 2.45) is 5.92 Å². The molecule has 1 aromatic carbocycles. The Morgan fingerprint density at radius 3 is 2.69 bits per heavy atom. The number of amides is 1. The second kappa shape index (κ2) is 7.96. The van der Waals surface area contributed by atoms with E-state index >= 15 is 0 Å². The van der Waals surface area contributed by atoms with E-state index in [4.69, 9.17) is 24.4 Å². The van der Waals surface area contributed by atoms with Crippen molar-refractivity contribution in [3.8, 4) is 0 Å². The van der Waals surface area contributed by atoms with Gasteiger partial charge in [-0.25, -0.2) is 4.79 Å². The van der Waals surface area contributed by atoms with Gasteiger partial charge < -0.3 is 24.3 Å². The zero-order chi connectivity index (χ0) is 21.3. The number of allylic oxidation sites excluding steroid dienone is 1. The van der Waals surface area contributed by atoms with E-state index < -0.39 is 35.1 Å². The number of carbonyl (C=O) groups is 3. The monoisotopic (exact) mass is 466 g/mol. The number of ether oxygens (including phenoxy) is 4. The summed E-state index contributed by atoms with van der Waals surface area (Å²) in [6, 6.07) is 4.98. The Bertz CT molecular complexity index is 942. The number of fused-ring (bicyclic) bond motifs is 2. The average Bonchev–Trinajstić information content (AvgIpc) is 2.93. The molecule has 1 aromatic rings. The minimum atomic E-state index is -1.87. The minimum absolute atomic E-state index is 0.000505. The van der Waals surface area contributed by atoms with Crippen molar-refractivity contribution in [2.75, 3.05) is 32.8 Å². The van der Waals surface area contributed by atoms with Gasteiger partial charge in [0.1, 0.15) is 17.8 Å². The van der Waals surface area contributed by atoms with Crippen LogP contribution >= 0.6 is 15.9 Å². The predicted molar refractivity (Wildman–Crippen MR) is 104 cm³/mol. The highest BCUT2D eigenvalue weighted by Crippen LogP contribution is 2.53. The first-order chi connectivity index (χ1) is 13.8. The quantitative estimate of drug-likeness (QED) is 0.501. The molecule has 3 rings (SSSR count). The molecular formula is C19H19BrN2O7. The minimum Gasteiger partial charge on any atom is -0.468 e. The number of hydrogen-bond acceptors (Lipinski definition) is 8. The lowest BCUT2D eigenvalue weighted by Gasteiger charge is -2.39. The van der Waals surface area contributed by atoms with Gasteiger partial charge in [0.05, 0.1) is 19.3 Å². The fourth-order valence-electron chi connectivity index (χ4n) is 3.72. The van der Waals surface area contributed by atoms with Gasteiger partial charge in [0, 0.05) is 17.3 Å². The number of rotatable bonds is 5. The normalized spacial score (nSPS) is 22.8. The van der Waals surface area contributed by atoms with Gasteiger partial charge in [0.15, 0.2) is 5.92 Å². The van der Waals surface area contributed by atoms with E-state index in [-0.39, 0.29) is 24.5 Å². The fraction of sp³-hybridized carbons (Fsp3) is 0.368. The van der Waals surface area contributed by atoms with Gasteiger partial charge >= 0.3 is 11.9 Å². The Kier molecular flexibility index (Phi) is 5.76. The van der Waals surface area contributed by atoms with Crippen LogP contribution in [0.4, 0.5) is 5.69 Å². The summed E-state index contributed by atoms with van der Waals surface area (Å²) in [6.45, 7) is 1.53. The van der Waals surface area contributed by atoms with Crippen molar-refractivity contribution >= 4 is 45.4 Å². The van der Waals surface area contributed by atoms with Gasteiger partial charge in [0.25, 0.3) is 0 Å². The van der Waals surface area contributed by atoms with Crippen LogP contribution in [0, 0.1) is 11.3 Å². The highest BCUT2D eigenvalue weighted by Gasteiger charge is 2.65. The Morgan fingerprint density at radius 2 is 2.03 bits per heavy atom. The molecule has 29 heavy (non-hydrogen) atoms. The first-order valence-corrected chi connectivity index (χ1v) is 9.41. The van der Waals surface area contributed by atoms with E-state index in [1.807, 2.05) is 0 Å². The molecule has 2 heterocycles. The van der Waals surface area contributed by atoms with Crippen LogP contribution in [0.3, 0.4) is 0 Å². The van der Waals surface area contributed by atoms with Crippen molar-refractivity contribution in [3.63, 3.8) is 0 Å². The van der Waals surface area contributed by atoms with Gasteiger partial charge in [-0.05, 0) is 30.7 Å². The number of hydrogen-bond donors (Lipinski definition) is 2. The molecule has 2 atom stereocenters. The van der Waals surface area contributed by atoms with E-state index in [1.54, 1.807) is 18.2 Å². The van der Waals surface area contributed by atoms with Gasteiger partial charge in [-0.2, -0.15) is 0 Å². The molecule has 0 aliphatic carbocycles. The fourth-order valence-corrected chi connectivity index (χ4v) is 4.08. The zero-order valence-corrected chi connectivity index (χ0v) is 17.5. The number of methoxy groups -OCH3 is 2. The van der Waals surface area contributed by atoms with Gasteiger partial charge in [-0.15, -0.1) is 0 Å². The van der Waals surface area contributed by atoms with Crippen LogP contribution in [-0.4, -0.2) is 51.2 Å². The lowest BCUT2D eigenvalue weighted by molar-refractivity contribution is -0.149. The third kappa shape index (κ3) is 3.22. The van der Waals surface area contributed by atoms with Crippen LogP contribution in [0.2, 0.25) is 0 Å².